The predicted molar refractivity (Wildman–Crippen MR) is 249 cm³/mol. The lowest BCUT2D eigenvalue weighted by atomic mass is 10.00. The Morgan fingerprint density at radius 1 is 0.362 bits per heavy atom. The maximum atomic E-state index is 10.2. The molecule has 0 unspecified atom stereocenters. The molecule has 2 nitrogen and oxygen atoms in total. The fourth-order valence-electron chi connectivity index (χ4n) is 7.13. The van der Waals surface area contributed by atoms with E-state index < -0.39 is 299 Å². The average Bonchev–Trinajstić information content (AvgIpc) is 1.52. The van der Waals surface area contributed by atoms with Gasteiger partial charge in [-0.25, -0.2) is 0 Å². The molecule has 0 radical (unpaired) electrons. The number of thiophene rings is 1. The molecule has 58 heavy (non-hydrogen) atoms. The molecule has 0 aliphatic heterocycles. The number of benzene rings is 9. The van der Waals surface area contributed by atoms with Crippen LogP contribution in [0.1, 0.15) is 50.8 Å². The highest BCUT2D eigenvalue weighted by atomic mass is 32.1. The van der Waals surface area contributed by atoms with Crippen LogP contribution in [0, 0.1) is 6.92 Å². The molecule has 0 saturated carbocycles. The fourth-order valence-corrected chi connectivity index (χ4v) is 8.36. The van der Waals surface area contributed by atoms with Crippen molar-refractivity contribution >= 4 is 75.1 Å². The van der Waals surface area contributed by atoms with Gasteiger partial charge in [-0.15, -0.1) is 11.3 Å². The smallest absolute Gasteiger partial charge is 0.0651 e. The van der Waals surface area contributed by atoms with Crippen molar-refractivity contribution in [2.75, 3.05) is 0 Å². The van der Waals surface area contributed by atoms with Crippen LogP contribution in [0.5, 0.6) is 0 Å². The van der Waals surface area contributed by atoms with Crippen LogP contribution in [0.25, 0.3) is 109 Å². The van der Waals surface area contributed by atoms with Gasteiger partial charge in [0, 0.05) is 53.1 Å². The van der Waals surface area contributed by atoms with Crippen molar-refractivity contribution < 1.29 is 45.2 Å². The Hall–Kier alpha value is -7.20. The standard InChI is InChI=1S/C55H36N2S/c1-35-13-9-16-38(33-35)36-27-29-40(30-28-36)56-48-25-7-5-19-46(48)52-50(56)31-32-51-53(52)47-20-6-8-26-49(47)57(51)41-18-10-17-39(34-41)43-22-12-24-45-44-23-11-21-42(54(44)58-55(43)45)37-14-3-2-4-15-37/h2-34H,1H3/i2D,3D,4D,5D,6D,7D,8D,9D,10D,11D,12D,13D,14D,15D,16D,17D,18D,19D,20D,21D,22D,23D,24D,25D,26D,27D,28D,29D,30D,31D,32D,33D,34D. The molecule has 0 amide bonds. The summed E-state index contributed by atoms with van der Waals surface area (Å²) >= 11 is 0.509. The first kappa shape index (κ1) is 14.0. The average molecular weight is 790 g/mol. The van der Waals surface area contributed by atoms with Crippen LogP contribution in [-0.4, -0.2) is 9.13 Å². The van der Waals surface area contributed by atoms with E-state index in [-0.39, 0.29) is 15.0 Å². The van der Waals surface area contributed by atoms with Gasteiger partial charge in [0.15, 0.2) is 0 Å². The first-order valence-electron chi connectivity index (χ1n) is 33.7. The van der Waals surface area contributed by atoms with E-state index in [1.165, 1.54) is 6.92 Å². The van der Waals surface area contributed by atoms with Gasteiger partial charge >= 0.3 is 0 Å². The van der Waals surface area contributed by atoms with Gasteiger partial charge in [0.1, 0.15) is 0 Å². The Kier molecular flexibility index (Phi) is 3.12. The first-order chi connectivity index (χ1) is 42.4. The lowest BCUT2D eigenvalue weighted by Crippen LogP contribution is -1.95. The lowest BCUT2D eigenvalue weighted by Gasteiger charge is -2.12. The quantitative estimate of drug-likeness (QED) is 0.164. The van der Waals surface area contributed by atoms with E-state index in [4.69, 9.17) is 23.3 Å². The Bertz CT molecular complexity index is 5440. The molecular formula is C55H36N2S. The second kappa shape index (κ2) is 12.9. The molecule has 3 heteroatoms. The summed E-state index contributed by atoms with van der Waals surface area (Å²) in [6.07, 6.45) is 0. The van der Waals surface area contributed by atoms with Gasteiger partial charge < -0.3 is 9.13 Å². The van der Waals surface area contributed by atoms with E-state index in [1.807, 2.05) is 0 Å². The first-order valence-corrected chi connectivity index (χ1v) is 18.1. The highest BCUT2D eigenvalue weighted by Crippen LogP contribution is 2.46. The summed E-state index contributed by atoms with van der Waals surface area (Å²) in [5.74, 6) is 0. The molecule has 9 aromatic carbocycles. The van der Waals surface area contributed by atoms with E-state index >= 15 is 0 Å². The molecule has 0 aliphatic carbocycles. The summed E-state index contributed by atoms with van der Waals surface area (Å²) < 4.78 is 303. The van der Waals surface area contributed by atoms with Crippen LogP contribution >= 0.6 is 11.3 Å². The predicted octanol–water partition coefficient (Wildman–Crippen LogP) is 15.6. The van der Waals surface area contributed by atoms with Gasteiger partial charge in [-0.3, -0.25) is 0 Å². The monoisotopic (exact) mass is 789 g/mol. The molecule has 0 saturated heterocycles. The third kappa shape index (κ3) is 4.97. The number of hydrogen-bond donors (Lipinski definition) is 0. The molecule has 0 aliphatic rings. The minimum Gasteiger partial charge on any atom is -0.309 e. The molecule has 12 aromatic rings. The molecule has 3 aromatic heterocycles. The van der Waals surface area contributed by atoms with Crippen molar-refractivity contribution in [3.8, 4) is 44.8 Å². The topological polar surface area (TPSA) is 9.86 Å². The normalized spacial score (nSPS) is 19.8. The Morgan fingerprint density at radius 2 is 0.879 bits per heavy atom. The number of fused-ring (bicyclic) bond motifs is 10. The molecule has 0 atom stereocenters. The molecular weight excluding hydrogens is 721 g/mol. The van der Waals surface area contributed by atoms with E-state index in [2.05, 4.69) is 0 Å². The largest absolute Gasteiger partial charge is 0.309 e. The van der Waals surface area contributed by atoms with E-state index in [0.29, 0.717) is 11.3 Å². The van der Waals surface area contributed by atoms with Crippen LogP contribution < -0.4 is 0 Å². The van der Waals surface area contributed by atoms with Crippen LogP contribution in [0.4, 0.5) is 0 Å². The van der Waals surface area contributed by atoms with Crippen molar-refractivity contribution in [3.05, 3.63) is 205 Å². The van der Waals surface area contributed by atoms with Crippen LogP contribution in [-0.2, 0) is 0 Å². The van der Waals surface area contributed by atoms with Gasteiger partial charge in [-0.05, 0) is 88.6 Å². The molecule has 3 heterocycles. The second-order valence-electron chi connectivity index (χ2n) is 12.8. The zero-order chi connectivity index (χ0) is 67.0. The highest BCUT2D eigenvalue weighted by Gasteiger charge is 2.21. The van der Waals surface area contributed by atoms with Crippen LogP contribution in [0.3, 0.4) is 0 Å². The summed E-state index contributed by atoms with van der Waals surface area (Å²) in [4.78, 5) is 0. The van der Waals surface area contributed by atoms with Gasteiger partial charge in [0.25, 0.3) is 0 Å². The zero-order valence-corrected chi connectivity index (χ0v) is 30.1. The molecule has 272 valence electrons. The Morgan fingerprint density at radius 3 is 1.55 bits per heavy atom. The van der Waals surface area contributed by atoms with Crippen LogP contribution in [0.15, 0.2) is 199 Å². The number of rotatable bonds is 5. The second-order valence-corrected chi connectivity index (χ2v) is 13.8. The van der Waals surface area contributed by atoms with Crippen molar-refractivity contribution in [1.82, 2.24) is 9.13 Å². The summed E-state index contributed by atoms with van der Waals surface area (Å²) in [6, 6.07) is -29.9. The maximum Gasteiger partial charge on any atom is 0.0651 e. The van der Waals surface area contributed by atoms with Gasteiger partial charge in [-0.1, -0.05) is 157 Å². The van der Waals surface area contributed by atoms with E-state index in [1.54, 1.807) is 0 Å². The van der Waals surface area contributed by atoms with Crippen molar-refractivity contribution in [2.45, 2.75) is 6.92 Å². The number of hydrogen-bond acceptors (Lipinski definition) is 1. The van der Waals surface area contributed by atoms with Crippen molar-refractivity contribution in [1.29, 1.82) is 0 Å². The van der Waals surface area contributed by atoms with Crippen molar-refractivity contribution in [2.24, 2.45) is 0 Å². The number of nitrogens with zero attached hydrogens (tertiary/aromatic N) is 2. The fraction of sp³-hybridized carbons (Fsp3) is 0.0182. The summed E-state index contributed by atoms with van der Waals surface area (Å²) in [5.41, 5.74) is -8.57. The maximum absolute atomic E-state index is 10.2. The van der Waals surface area contributed by atoms with Crippen LogP contribution in [0.2, 0.25) is 0 Å². The SMILES string of the molecule is [2H]c1c([2H])c([2H])c(-c2c([2H])c([2H])c([2H])c3c2sc2c(-c4c([2H])c([2H])c([2H])c(-n5c6c([2H])c([2H])c([2H])c([2H])c6c6c7c8c([2H])c([2H])c([2H])c([2H])c8n(-c8c([2H])c([2H])c(-c9c([2H])c([2H])c([2H])c(C)c9[2H])c([2H])c8[2H])c7c([2H])c([2H])c65)c4[2H])c([2H])c([2H])c([2H])c23)c([2H])c1[2H]. The minimum atomic E-state index is -1.09. The molecule has 0 fully saturated rings. The van der Waals surface area contributed by atoms with Gasteiger partial charge in [0.2, 0.25) is 0 Å². The number of aromatic nitrogens is 2. The molecule has 0 bridgehead atoms. The lowest BCUT2D eigenvalue weighted by molar-refractivity contribution is 1.17. The third-order valence-corrected chi connectivity index (χ3v) is 10.8. The molecule has 0 N–H and O–H groups in total. The summed E-state index contributed by atoms with van der Waals surface area (Å²) in [5, 5.41) is -3.20. The Balaban J connectivity index is 1.29. The van der Waals surface area contributed by atoms with Gasteiger partial charge in [-0.2, -0.15) is 0 Å². The van der Waals surface area contributed by atoms with Gasteiger partial charge in [0.05, 0.1) is 67.3 Å². The van der Waals surface area contributed by atoms with E-state index in [0.717, 1.165) is 9.13 Å². The number of para-hydroxylation sites is 2. The molecule has 12 rings (SSSR count). The van der Waals surface area contributed by atoms with E-state index in [9.17, 15) is 21.9 Å². The van der Waals surface area contributed by atoms with Crippen molar-refractivity contribution in [3.63, 3.8) is 0 Å². The Labute approximate surface area is 386 Å². The third-order valence-electron chi connectivity index (χ3n) is 9.54. The zero-order valence-electron chi connectivity index (χ0n) is 62.3. The highest BCUT2D eigenvalue weighted by molar-refractivity contribution is 7.26. The summed E-state index contributed by atoms with van der Waals surface area (Å²) in [6.45, 7) is 1.27. The minimum absolute atomic E-state index is 0.152. The molecule has 0 spiro atoms. The summed E-state index contributed by atoms with van der Waals surface area (Å²) in [7, 11) is 0.